The van der Waals surface area contributed by atoms with Crippen molar-refractivity contribution in [2.24, 2.45) is 0 Å². The number of benzene rings is 2. The number of sulfonamides is 1. The predicted molar refractivity (Wildman–Crippen MR) is 176 cm³/mol. The van der Waals surface area contributed by atoms with Gasteiger partial charge in [-0.1, -0.05) is 60.3 Å². The highest BCUT2D eigenvalue weighted by Gasteiger charge is 2.49. The summed E-state index contributed by atoms with van der Waals surface area (Å²) in [6.45, 7) is 2.67. The number of aromatic nitrogens is 1. The molecule has 5 rings (SSSR count). The Balaban J connectivity index is 1.62. The van der Waals surface area contributed by atoms with Crippen LogP contribution in [0.25, 0.3) is 0 Å². The van der Waals surface area contributed by atoms with Gasteiger partial charge in [-0.05, 0) is 55.2 Å². The highest BCUT2D eigenvalue weighted by Crippen LogP contribution is 2.48. The average molecular weight is 704 g/mol. The van der Waals surface area contributed by atoms with E-state index in [0.717, 1.165) is 19.1 Å². The van der Waals surface area contributed by atoms with E-state index < -0.39 is 52.0 Å². The Labute approximate surface area is 283 Å². The molecule has 2 N–H and O–H groups in total. The van der Waals surface area contributed by atoms with E-state index in [4.69, 9.17) is 27.9 Å². The van der Waals surface area contributed by atoms with Crippen LogP contribution >= 0.6 is 23.2 Å². The third kappa shape index (κ3) is 7.56. The van der Waals surface area contributed by atoms with E-state index in [1.165, 1.54) is 13.0 Å². The second-order valence-corrected chi connectivity index (χ2v) is 14.6. The molecule has 47 heavy (non-hydrogen) atoms. The second-order valence-electron chi connectivity index (χ2n) is 12.0. The van der Waals surface area contributed by atoms with E-state index >= 15 is 0 Å². The van der Waals surface area contributed by atoms with Crippen LogP contribution in [0, 0.1) is 5.21 Å². The predicted octanol–water partition coefficient (Wildman–Crippen LogP) is 4.71. The maximum absolute atomic E-state index is 14.6. The summed E-state index contributed by atoms with van der Waals surface area (Å²) in [5, 5.41) is 16.8. The van der Waals surface area contributed by atoms with Crippen molar-refractivity contribution in [2.45, 2.75) is 76.2 Å². The summed E-state index contributed by atoms with van der Waals surface area (Å²) in [7, 11) is -3.63. The number of pyridine rings is 1. The summed E-state index contributed by atoms with van der Waals surface area (Å²) in [6, 6.07) is 13.5. The minimum atomic E-state index is -3.63. The number of esters is 1. The van der Waals surface area contributed by atoms with E-state index in [9.17, 15) is 28.0 Å². The SMILES string of the molecule is CC(=O)OCc1cccc(C(C)NC(=O)[C@@H]2c3ccccc3C(=O)N([C@H]3CCCC[C@@H]3NS(C)(=O)=O)[C@H]2c2ccc(Cl)cc2Cl)[n+]1[O-]. The highest BCUT2D eigenvalue weighted by atomic mass is 35.5. The number of nitrogens with one attached hydrogen (secondary N) is 2. The lowest BCUT2D eigenvalue weighted by Gasteiger charge is -2.49. The lowest BCUT2D eigenvalue weighted by molar-refractivity contribution is -0.626. The van der Waals surface area contributed by atoms with Crippen LogP contribution in [-0.2, 0) is 31.0 Å². The molecule has 0 saturated heterocycles. The number of amides is 2. The number of carbonyl (C=O) groups excluding carboxylic acids is 3. The van der Waals surface area contributed by atoms with Gasteiger partial charge in [0.05, 0.1) is 18.2 Å². The van der Waals surface area contributed by atoms with Crippen molar-refractivity contribution < 1.29 is 32.3 Å². The number of halogens is 2. The third-order valence-corrected chi connectivity index (χ3v) is 9.96. The number of hydrogen-bond donors (Lipinski definition) is 2. The molecular formula is C33H36Cl2N4O7S. The molecule has 2 amide bonds. The third-order valence-electron chi connectivity index (χ3n) is 8.67. The minimum Gasteiger partial charge on any atom is -0.618 e. The van der Waals surface area contributed by atoms with Gasteiger partial charge in [0.15, 0.2) is 6.61 Å². The van der Waals surface area contributed by atoms with E-state index in [-0.39, 0.29) is 28.9 Å². The Morgan fingerprint density at radius 2 is 1.79 bits per heavy atom. The van der Waals surface area contributed by atoms with Crippen LogP contribution in [0.15, 0.2) is 60.7 Å². The fourth-order valence-electron chi connectivity index (χ4n) is 6.67. The van der Waals surface area contributed by atoms with Gasteiger partial charge >= 0.3 is 5.97 Å². The van der Waals surface area contributed by atoms with Crippen molar-refractivity contribution in [1.29, 1.82) is 0 Å². The van der Waals surface area contributed by atoms with Crippen LogP contribution in [0.2, 0.25) is 10.0 Å². The molecule has 1 aromatic heterocycles. The lowest BCUT2D eigenvalue weighted by Crippen LogP contribution is -2.59. The second kappa shape index (κ2) is 14.2. The number of ether oxygens (including phenoxy) is 1. The topological polar surface area (TPSA) is 149 Å². The molecule has 5 atom stereocenters. The highest BCUT2D eigenvalue weighted by molar-refractivity contribution is 7.88. The fourth-order valence-corrected chi connectivity index (χ4v) is 8.01. The smallest absolute Gasteiger partial charge is 0.303 e. The van der Waals surface area contributed by atoms with Gasteiger partial charge in [-0.25, -0.2) is 13.1 Å². The Morgan fingerprint density at radius 3 is 2.49 bits per heavy atom. The molecule has 0 radical (unpaired) electrons. The van der Waals surface area contributed by atoms with Crippen LogP contribution < -0.4 is 14.8 Å². The van der Waals surface area contributed by atoms with Gasteiger partial charge in [0.2, 0.25) is 27.3 Å². The molecule has 1 unspecified atom stereocenters. The van der Waals surface area contributed by atoms with E-state index in [1.54, 1.807) is 66.4 Å². The maximum atomic E-state index is 14.6. The van der Waals surface area contributed by atoms with Crippen LogP contribution in [0.4, 0.5) is 0 Å². The van der Waals surface area contributed by atoms with Gasteiger partial charge in [0.25, 0.3) is 5.91 Å². The minimum absolute atomic E-state index is 0.186. The monoisotopic (exact) mass is 702 g/mol. The Kier molecular flexibility index (Phi) is 10.4. The lowest BCUT2D eigenvalue weighted by atomic mass is 9.76. The molecule has 2 aliphatic rings. The van der Waals surface area contributed by atoms with Crippen molar-refractivity contribution in [1.82, 2.24) is 14.9 Å². The van der Waals surface area contributed by atoms with Crippen molar-refractivity contribution in [3.05, 3.63) is 104 Å². The van der Waals surface area contributed by atoms with E-state index in [1.807, 2.05) is 0 Å². The summed E-state index contributed by atoms with van der Waals surface area (Å²) >= 11 is 13.1. The molecule has 250 valence electrons. The molecule has 1 saturated carbocycles. The van der Waals surface area contributed by atoms with E-state index in [2.05, 4.69) is 10.0 Å². The molecule has 1 fully saturated rings. The summed E-state index contributed by atoms with van der Waals surface area (Å²) in [5.41, 5.74) is 1.65. The van der Waals surface area contributed by atoms with Crippen LogP contribution in [0.1, 0.15) is 90.4 Å². The first-order chi connectivity index (χ1) is 22.3. The summed E-state index contributed by atoms with van der Waals surface area (Å²) in [5.74, 6) is -2.37. The number of hydrogen-bond acceptors (Lipinski definition) is 7. The number of fused-ring (bicyclic) bond motifs is 1. The number of carbonyl (C=O) groups is 3. The summed E-state index contributed by atoms with van der Waals surface area (Å²) in [6.07, 6.45) is 3.60. The summed E-state index contributed by atoms with van der Waals surface area (Å²) < 4.78 is 33.2. The average Bonchev–Trinajstić information content (AvgIpc) is 3.00. The molecule has 2 aromatic carbocycles. The number of rotatable bonds is 9. The van der Waals surface area contributed by atoms with Crippen LogP contribution in [-0.4, -0.2) is 49.4 Å². The number of nitrogens with zero attached hydrogens (tertiary/aromatic N) is 2. The first kappa shape index (κ1) is 34.6. The Morgan fingerprint density at radius 1 is 1.06 bits per heavy atom. The zero-order valence-electron chi connectivity index (χ0n) is 26.1. The molecule has 1 aliphatic carbocycles. The molecular weight excluding hydrogens is 667 g/mol. The zero-order chi connectivity index (χ0) is 34.0. The molecule has 0 bridgehead atoms. The van der Waals surface area contributed by atoms with Crippen LogP contribution in [0.5, 0.6) is 0 Å². The zero-order valence-corrected chi connectivity index (χ0v) is 28.4. The Bertz CT molecular complexity index is 1810. The fraction of sp³-hybridized carbons (Fsp3) is 0.394. The molecule has 11 nitrogen and oxygen atoms in total. The molecule has 3 aromatic rings. The van der Waals surface area contributed by atoms with Gasteiger partial charge in [-0.2, -0.15) is 4.73 Å². The first-order valence-electron chi connectivity index (χ1n) is 15.3. The van der Waals surface area contributed by atoms with Crippen molar-refractivity contribution in [2.75, 3.05) is 6.26 Å². The molecule has 14 heteroatoms. The Hall–Kier alpha value is -3.71. The van der Waals surface area contributed by atoms with Gasteiger partial charge < -0.3 is 20.2 Å². The first-order valence-corrected chi connectivity index (χ1v) is 17.9. The van der Waals surface area contributed by atoms with Crippen LogP contribution in [0.3, 0.4) is 0 Å². The summed E-state index contributed by atoms with van der Waals surface area (Å²) in [4.78, 5) is 42.0. The van der Waals surface area contributed by atoms with Gasteiger partial charge in [-0.15, -0.1) is 0 Å². The van der Waals surface area contributed by atoms with Gasteiger partial charge in [0.1, 0.15) is 6.04 Å². The van der Waals surface area contributed by atoms with Gasteiger partial charge in [0, 0.05) is 46.7 Å². The standard InChI is InChI=1S/C33H36Cl2N4O7S/c1-19(28-14-8-9-22(39(28)43)18-46-20(2)40)36-32(41)30-23-10-4-5-11-24(23)33(42)38(31(30)25-16-15-21(34)17-26(25)35)29-13-7-6-12-27(29)37-47(3,44)45/h4-5,8-11,14-17,19,27,29-31,37H,6-7,12-13,18H2,1-3H3,(H,36,41)/t19?,27-,29-,30+,31-/m0/s1. The normalized spacial score (nSPS) is 21.9. The van der Waals surface area contributed by atoms with Crippen molar-refractivity contribution >= 4 is 51.0 Å². The van der Waals surface area contributed by atoms with Crippen molar-refractivity contribution in [3.8, 4) is 0 Å². The molecule has 0 spiro atoms. The molecule has 1 aliphatic heterocycles. The van der Waals surface area contributed by atoms with Crippen molar-refractivity contribution in [3.63, 3.8) is 0 Å². The molecule has 2 heterocycles. The van der Waals surface area contributed by atoms with Gasteiger partial charge in [-0.3, -0.25) is 14.4 Å². The quantitative estimate of drug-likeness (QED) is 0.186. The largest absolute Gasteiger partial charge is 0.618 e. The maximum Gasteiger partial charge on any atom is 0.303 e. The van der Waals surface area contributed by atoms with E-state index in [0.29, 0.717) is 39.3 Å².